The fraction of sp³-hybridized carbons (Fsp3) is 0.389. The molecule has 0 spiro atoms. The Bertz CT molecular complexity index is 909. The van der Waals surface area contributed by atoms with Gasteiger partial charge in [-0.05, 0) is 18.1 Å². The van der Waals surface area contributed by atoms with Gasteiger partial charge in [0.2, 0.25) is 0 Å². The summed E-state index contributed by atoms with van der Waals surface area (Å²) in [5, 5.41) is 22.3. The van der Waals surface area contributed by atoms with E-state index in [0.717, 1.165) is 9.80 Å². The van der Waals surface area contributed by atoms with Crippen LogP contribution < -0.4 is 5.43 Å². The standard InChI is InChI=1S/C18H22N6O4/c1-9(2)8-24-15(25)10-6-5-7-11(12(10)16(24)26)20-21-13-14(19)22(3)18(28)23(4)17(13)27/h5-7,9,17,19-20,27H,8H2,1-4H3. The van der Waals surface area contributed by atoms with Gasteiger partial charge < -0.3 is 5.11 Å². The number of rotatable bonds is 4. The predicted molar refractivity (Wildman–Crippen MR) is 102 cm³/mol. The number of aliphatic hydroxyl groups excluding tert-OH is 1. The number of anilines is 1. The summed E-state index contributed by atoms with van der Waals surface area (Å²) in [6.07, 6.45) is -1.41. The Morgan fingerprint density at radius 2 is 1.89 bits per heavy atom. The van der Waals surface area contributed by atoms with E-state index >= 15 is 0 Å². The van der Waals surface area contributed by atoms with Crippen LogP contribution in [0.3, 0.4) is 0 Å². The Morgan fingerprint density at radius 1 is 1.21 bits per heavy atom. The zero-order valence-electron chi connectivity index (χ0n) is 16.1. The maximum atomic E-state index is 12.8. The van der Waals surface area contributed by atoms with E-state index < -0.39 is 18.2 Å². The number of nitrogens with one attached hydrogen (secondary N) is 2. The van der Waals surface area contributed by atoms with Crippen molar-refractivity contribution in [2.75, 3.05) is 26.1 Å². The quantitative estimate of drug-likeness (QED) is 0.525. The number of benzene rings is 1. The number of carbonyl (C=O) groups is 3. The van der Waals surface area contributed by atoms with E-state index in [2.05, 4.69) is 10.5 Å². The molecule has 1 atom stereocenters. The number of amides is 4. The van der Waals surface area contributed by atoms with Gasteiger partial charge in [-0.1, -0.05) is 19.9 Å². The molecule has 1 aromatic rings. The van der Waals surface area contributed by atoms with E-state index in [0.29, 0.717) is 6.54 Å². The van der Waals surface area contributed by atoms with Crippen LogP contribution in [0.1, 0.15) is 34.6 Å². The molecule has 1 unspecified atom stereocenters. The van der Waals surface area contributed by atoms with Gasteiger partial charge in [0.15, 0.2) is 17.8 Å². The highest BCUT2D eigenvalue weighted by atomic mass is 16.3. The molecular weight excluding hydrogens is 364 g/mol. The van der Waals surface area contributed by atoms with E-state index in [-0.39, 0.29) is 40.2 Å². The SMILES string of the molecule is CC(C)CN1C(=O)c2cccc(NN=C3C(=N)N(C)C(=O)N(C)C3O)c2C1=O. The number of amidine groups is 1. The van der Waals surface area contributed by atoms with Crippen LogP contribution in [-0.2, 0) is 0 Å². The topological polar surface area (TPSA) is 129 Å². The van der Waals surface area contributed by atoms with Crippen LogP contribution >= 0.6 is 0 Å². The molecule has 28 heavy (non-hydrogen) atoms. The minimum Gasteiger partial charge on any atom is -0.368 e. The zero-order chi connectivity index (χ0) is 20.7. The number of fused-ring (bicyclic) bond motifs is 1. The summed E-state index contributed by atoms with van der Waals surface area (Å²) in [6, 6.07) is 4.24. The van der Waals surface area contributed by atoms with E-state index in [1.807, 2.05) is 13.8 Å². The molecule has 1 aromatic carbocycles. The lowest BCUT2D eigenvalue weighted by molar-refractivity contribution is 0.0636. The van der Waals surface area contributed by atoms with Gasteiger partial charge >= 0.3 is 6.03 Å². The maximum absolute atomic E-state index is 12.8. The van der Waals surface area contributed by atoms with Crippen LogP contribution in [0.2, 0.25) is 0 Å². The summed E-state index contributed by atoms with van der Waals surface area (Å²) in [7, 11) is 2.78. The molecule has 2 aliphatic rings. The first-order valence-corrected chi connectivity index (χ1v) is 8.75. The zero-order valence-corrected chi connectivity index (χ0v) is 16.1. The molecule has 4 amide bonds. The fourth-order valence-corrected chi connectivity index (χ4v) is 3.10. The highest BCUT2D eigenvalue weighted by Gasteiger charge is 2.39. The van der Waals surface area contributed by atoms with E-state index in [1.165, 1.54) is 19.0 Å². The Hall–Kier alpha value is -3.27. The minimum absolute atomic E-state index is 0.0852. The number of hydrazone groups is 1. The van der Waals surface area contributed by atoms with Crippen LogP contribution in [0.15, 0.2) is 23.3 Å². The molecule has 2 heterocycles. The molecule has 1 fully saturated rings. The third-order valence-corrected chi connectivity index (χ3v) is 4.62. The number of nitrogens with zero attached hydrogens (tertiary/aromatic N) is 4. The Labute approximate surface area is 161 Å². The minimum atomic E-state index is -1.41. The van der Waals surface area contributed by atoms with Crippen molar-refractivity contribution < 1.29 is 19.5 Å². The van der Waals surface area contributed by atoms with Gasteiger partial charge in [-0.25, -0.2) is 4.79 Å². The summed E-state index contributed by atoms with van der Waals surface area (Å²) < 4.78 is 0. The number of hydrogen-bond acceptors (Lipinski definition) is 7. The van der Waals surface area contributed by atoms with Gasteiger partial charge in [-0.3, -0.25) is 35.1 Å². The first kappa shape index (κ1) is 19.5. The van der Waals surface area contributed by atoms with Crippen molar-refractivity contribution in [2.45, 2.75) is 20.1 Å². The lowest BCUT2D eigenvalue weighted by Crippen LogP contribution is -2.59. The molecule has 0 saturated carbocycles. The van der Waals surface area contributed by atoms with Crippen LogP contribution in [0.25, 0.3) is 0 Å². The largest absolute Gasteiger partial charge is 0.368 e. The van der Waals surface area contributed by atoms with E-state index in [4.69, 9.17) is 5.41 Å². The lowest BCUT2D eigenvalue weighted by atomic mass is 10.1. The summed E-state index contributed by atoms with van der Waals surface area (Å²) >= 11 is 0. The average molecular weight is 386 g/mol. The molecular formula is C18H22N6O4. The summed E-state index contributed by atoms with van der Waals surface area (Å²) in [5.74, 6) is -0.916. The molecule has 1 saturated heterocycles. The smallest absolute Gasteiger partial charge is 0.327 e. The highest BCUT2D eigenvalue weighted by Crippen LogP contribution is 2.30. The van der Waals surface area contributed by atoms with Crippen LogP contribution in [0.5, 0.6) is 0 Å². The third kappa shape index (κ3) is 3.01. The van der Waals surface area contributed by atoms with Crippen molar-refractivity contribution >= 4 is 35.1 Å². The van der Waals surface area contributed by atoms with E-state index in [9.17, 15) is 19.5 Å². The fourth-order valence-electron chi connectivity index (χ4n) is 3.10. The first-order chi connectivity index (χ1) is 13.1. The monoisotopic (exact) mass is 386 g/mol. The first-order valence-electron chi connectivity index (χ1n) is 8.75. The number of carbonyl (C=O) groups excluding carboxylic acids is 3. The molecule has 148 valence electrons. The predicted octanol–water partition coefficient (Wildman–Crippen LogP) is 0.999. The summed E-state index contributed by atoms with van der Waals surface area (Å²) in [4.78, 5) is 40.5. The molecule has 10 nitrogen and oxygen atoms in total. The second-order valence-corrected chi connectivity index (χ2v) is 7.13. The molecule has 0 aromatic heterocycles. The number of urea groups is 1. The summed E-state index contributed by atoms with van der Waals surface area (Å²) in [6.45, 7) is 4.14. The van der Waals surface area contributed by atoms with Crippen molar-refractivity contribution in [2.24, 2.45) is 11.0 Å². The summed E-state index contributed by atoms with van der Waals surface area (Å²) in [5.41, 5.74) is 3.36. The van der Waals surface area contributed by atoms with Crippen LogP contribution in [-0.4, -0.2) is 76.1 Å². The Kier molecular flexibility index (Phi) is 4.90. The normalized spacial score (nSPS) is 21.3. The molecule has 0 bridgehead atoms. The van der Waals surface area contributed by atoms with Crippen molar-refractivity contribution in [1.82, 2.24) is 14.7 Å². The van der Waals surface area contributed by atoms with Crippen molar-refractivity contribution in [3.05, 3.63) is 29.3 Å². The van der Waals surface area contributed by atoms with Gasteiger partial charge in [-0.15, -0.1) is 0 Å². The Balaban J connectivity index is 1.93. The molecule has 0 radical (unpaired) electrons. The second-order valence-electron chi connectivity index (χ2n) is 7.13. The highest BCUT2D eigenvalue weighted by molar-refractivity contribution is 6.45. The van der Waals surface area contributed by atoms with Gasteiger partial charge in [0, 0.05) is 20.6 Å². The number of imide groups is 1. The van der Waals surface area contributed by atoms with Crippen LogP contribution in [0, 0.1) is 11.3 Å². The van der Waals surface area contributed by atoms with Gasteiger partial charge in [0.25, 0.3) is 11.8 Å². The molecule has 10 heteroatoms. The van der Waals surface area contributed by atoms with Gasteiger partial charge in [0.05, 0.1) is 16.8 Å². The van der Waals surface area contributed by atoms with Crippen molar-refractivity contribution in [1.29, 1.82) is 5.41 Å². The van der Waals surface area contributed by atoms with Crippen molar-refractivity contribution in [3.8, 4) is 0 Å². The number of aliphatic hydroxyl groups is 1. The third-order valence-electron chi connectivity index (χ3n) is 4.62. The van der Waals surface area contributed by atoms with Gasteiger partial charge in [0.1, 0.15) is 0 Å². The molecule has 3 rings (SSSR count). The van der Waals surface area contributed by atoms with Crippen LogP contribution in [0.4, 0.5) is 10.5 Å². The van der Waals surface area contributed by atoms with Crippen molar-refractivity contribution in [3.63, 3.8) is 0 Å². The van der Waals surface area contributed by atoms with E-state index in [1.54, 1.807) is 18.2 Å². The maximum Gasteiger partial charge on any atom is 0.327 e. The average Bonchev–Trinajstić information content (AvgIpc) is 2.90. The molecule has 3 N–H and O–H groups in total. The lowest BCUT2D eigenvalue weighted by Gasteiger charge is -2.35. The molecule has 2 aliphatic heterocycles. The second kappa shape index (κ2) is 7.04. The Morgan fingerprint density at radius 3 is 2.54 bits per heavy atom. The molecule has 0 aliphatic carbocycles. The van der Waals surface area contributed by atoms with Gasteiger partial charge in [-0.2, -0.15) is 5.10 Å². The number of hydrogen-bond donors (Lipinski definition) is 3.